The minimum absolute atomic E-state index is 0.105. The minimum atomic E-state index is -0.151. The van der Waals surface area contributed by atoms with E-state index < -0.39 is 0 Å². The predicted molar refractivity (Wildman–Crippen MR) is 79.3 cm³/mol. The zero-order chi connectivity index (χ0) is 14.5. The molecule has 1 saturated carbocycles. The van der Waals surface area contributed by atoms with Crippen LogP contribution in [0.25, 0.3) is 0 Å². The normalized spacial score (nSPS) is 26.1. The van der Waals surface area contributed by atoms with Crippen LogP contribution in [0, 0.1) is 5.92 Å². The second-order valence-corrected chi connectivity index (χ2v) is 5.65. The third-order valence-electron chi connectivity index (χ3n) is 4.62. The van der Waals surface area contributed by atoms with Gasteiger partial charge in [-0.2, -0.15) is 0 Å². The lowest BCUT2D eigenvalue weighted by Crippen LogP contribution is -2.47. The quantitative estimate of drug-likeness (QED) is 0.746. The Hall–Kier alpha value is -0.730. The molecular formula is C16H31NO2. The summed E-state index contributed by atoms with van der Waals surface area (Å²) in [5.41, 5.74) is -0.151. The second-order valence-electron chi connectivity index (χ2n) is 5.65. The van der Waals surface area contributed by atoms with Gasteiger partial charge in [0.2, 0.25) is 0 Å². The summed E-state index contributed by atoms with van der Waals surface area (Å²) < 4.78 is 5.75. The molecule has 3 nitrogen and oxygen atoms in total. The molecule has 19 heavy (non-hydrogen) atoms. The number of ether oxygens (including phenoxy) is 1. The largest absolute Gasteiger partial charge is 0.441 e. The fourth-order valence-corrected chi connectivity index (χ4v) is 3.85. The number of nitrogens with zero attached hydrogens (tertiary/aromatic N) is 1. The first kappa shape index (κ1) is 16.3. The minimum Gasteiger partial charge on any atom is -0.441 e. The van der Waals surface area contributed by atoms with Crippen LogP contribution >= 0.6 is 0 Å². The summed E-state index contributed by atoms with van der Waals surface area (Å²) in [7, 11) is 1.92. The van der Waals surface area contributed by atoms with E-state index in [1.165, 1.54) is 25.7 Å². The van der Waals surface area contributed by atoms with Gasteiger partial charge < -0.3 is 9.64 Å². The molecule has 0 N–H and O–H groups in total. The average molecular weight is 269 g/mol. The Bertz CT molecular complexity index is 284. The van der Waals surface area contributed by atoms with Gasteiger partial charge in [-0.3, -0.25) is 0 Å². The summed E-state index contributed by atoms with van der Waals surface area (Å²) in [5.74, 6) is 0.592. The molecule has 2 unspecified atom stereocenters. The van der Waals surface area contributed by atoms with E-state index in [0.717, 1.165) is 19.3 Å². The molecule has 1 saturated heterocycles. The van der Waals surface area contributed by atoms with Crippen LogP contribution in [0.3, 0.4) is 0 Å². The lowest BCUT2D eigenvalue weighted by molar-refractivity contribution is 0.0214. The van der Waals surface area contributed by atoms with Crippen molar-refractivity contribution in [3.8, 4) is 0 Å². The first-order chi connectivity index (χ1) is 9.14. The summed E-state index contributed by atoms with van der Waals surface area (Å²) in [6.45, 7) is 8.46. The van der Waals surface area contributed by atoms with Crippen LogP contribution in [0.4, 0.5) is 4.79 Å². The molecule has 0 aromatic rings. The van der Waals surface area contributed by atoms with Crippen LogP contribution in [0.1, 0.15) is 72.6 Å². The maximum atomic E-state index is 11.9. The standard InChI is InChI=1S/C14H25NO2.C2H6/c1-4-8-11(5-2)12-14(9-6-7-10-14)17-13(16)15(12)3;1-2/h11-12H,4-10H2,1-3H3;1-2H3. The zero-order valence-electron chi connectivity index (χ0n) is 13.4. The molecule has 3 heteroatoms. The molecule has 1 amide bonds. The molecule has 0 bridgehead atoms. The molecule has 1 aliphatic carbocycles. The molecule has 1 aliphatic heterocycles. The number of likely N-dealkylation sites (N-methyl/N-ethyl adjacent to an activating group) is 1. The van der Waals surface area contributed by atoms with Crippen LogP contribution < -0.4 is 0 Å². The number of hydrogen-bond donors (Lipinski definition) is 0. The van der Waals surface area contributed by atoms with Gasteiger partial charge in [-0.15, -0.1) is 0 Å². The molecule has 1 spiro atoms. The highest BCUT2D eigenvalue weighted by molar-refractivity contribution is 5.71. The van der Waals surface area contributed by atoms with Gasteiger partial charge in [0.15, 0.2) is 0 Å². The van der Waals surface area contributed by atoms with Gasteiger partial charge >= 0.3 is 6.09 Å². The Kier molecular flexibility index (Phi) is 6.15. The number of amides is 1. The average Bonchev–Trinajstić information content (AvgIpc) is 2.97. The highest BCUT2D eigenvalue weighted by Gasteiger charge is 2.55. The van der Waals surface area contributed by atoms with E-state index >= 15 is 0 Å². The Morgan fingerprint density at radius 3 is 2.37 bits per heavy atom. The molecule has 1 heterocycles. The van der Waals surface area contributed by atoms with Crippen LogP contribution in [-0.2, 0) is 4.74 Å². The van der Waals surface area contributed by atoms with E-state index in [1.54, 1.807) is 0 Å². The highest BCUT2D eigenvalue weighted by atomic mass is 16.6. The third-order valence-corrected chi connectivity index (χ3v) is 4.62. The maximum Gasteiger partial charge on any atom is 0.410 e. The monoisotopic (exact) mass is 269 g/mol. The first-order valence-corrected chi connectivity index (χ1v) is 8.10. The van der Waals surface area contributed by atoms with Crippen LogP contribution in [0.2, 0.25) is 0 Å². The van der Waals surface area contributed by atoms with Gasteiger partial charge in [0, 0.05) is 7.05 Å². The first-order valence-electron chi connectivity index (χ1n) is 8.10. The van der Waals surface area contributed by atoms with Crippen molar-refractivity contribution in [1.29, 1.82) is 0 Å². The molecular weight excluding hydrogens is 238 g/mol. The van der Waals surface area contributed by atoms with Gasteiger partial charge in [0.25, 0.3) is 0 Å². The molecule has 2 rings (SSSR count). The van der Waals surface area contributed by atoms with E-state index in [0.29, 0.717) is 12.0 Å². The van der Waals surface area contributed by atoms with Crippen molar-refractivity contribution in [2.45, 2.75) is 84.3 Å². The molecule has 2 aliphatic rings. The van der Waals surface area contributed by atoms with E-state index in [4.69, 9.17) is 4.74 Å². The van der Waals surface area contributed by atoms with E-state index in [2.05, 4.69) is 13.8 Å². The SMILES string of the molecule is CC.CCCC(CC)C1N(C)C(=O)OC12CCCC2. The lowest BCUT2D eigenvalue weighted by atomic mass is 9.79. The maximum absolute atomic E-state index is 11.9. The summed E-state index contributed by atoms with van der Waals surface area (Å²) in [4.78, 5) is 13.7. The van der Waals surface area contributed by atoms with Gasteiger partial charge in [0.1, 0.15) is 5.60 Å². The number of hydrogen-bond acceptors (Lipinski definition) is 2. The van der Waals surface area contributed by atoms with Crippen molar-refractivity contribution in [3.63, 3.8) is 0 Å². The second kappa shape index (κ2) is 7.16. The Labute approximate surface area is 118 Å². The number of rotatable bonds is 4. The Balaban J connectivity index is 0.000000861. The van der Waals surface area contributed by atoms with Gasteiger partial charge in [-0.25, -0.2) is 4.79 Å². The number of carbonyl (C=O) groups excluding carboxylic acids is 1. The van der Waals surface area contributed by atoms with Gasteiger partial charge in [-0.1, -0.05) is 40.5 Å². The van der Waals surface area contributed by atoms with Crippen molar-refractivity contribution in [2.75, 3.05) is 7.05 Å². The van der Waals surface area contributed by atoms with Crippen molar-refractivity contribution in [3.05, 3.63) is 0 Å². The molecule has 2 atom stereocenters. The smallest absolute Gasteiger partial charge is 0.410 e. The van der Waals surface area contributed by atoms with Crippen molar-refractivity contribution in [1.82, 2.24) is 4.90 Å². The Morgan fingerprint density at radius 2 is 1.89 bits per heavy atom. The van der Waals surface area contributed by atoms with E-state index in [-0.39, 0.29) is 11.7 Å². The number of carbonyl (C=O) groups is 1. The lowest BCUT2D eigenvalue weighted by Gasteiger charge is -2.36. The molecule has 2 fully saturated rings. The summed E-state index contributed by atoms with van der Waals surface area (Å²) in [6, 6.07) is 0.308. The van der Waals surface area contributed by atoms with Crippen molar-refractivity contribution >= 4 is 6.09 Å². The van der Waals surface area contributed by atoms with Crippen molar-refractivity contribution in [2.24, 2.45) is 5.92 Å². The summed E-state index contributed by atoms with van der Waals surface area (Å²) >= 11 is 0. The van der Waals surface area contributed by atoms with E-state index in [9.17, 15) is 4.79 Å². The molecule has 112 valence electrons. The van der Waals surface area contributed by atoms with Crippen molar-refractivity contribution < 1.29 is 9.53 Å². The Morgan fingerprint density at radius 1 is 1.32 bits per heavy atom. The molecule has 0 aromatic carbocycles. The summed E-state index contributed by atoms with van der Waals surface area (Å²) in [6.07, 6.45) is 7.96. The highest BCUT2D eigenvalue weighted by Crippen LogP contribution is 2.46. The predicted octanol–water partition coefficient (Wildman–Crippen LogP) is 4.60. The van der Waals surface area contributed by atoms with E-state index in [1.807, 2.05) is 25.8 Å². The van der Waals surface area contributed by atoms with Gasteiger partial charge in [-0.05, 0) is 38.0 Å². The molecule has 0 aromatic heterocycles. The summed E-state index contributed by atoms with van der Waals surface area (Å²) in [5, 5.41) is 0. The molecule has 0 radical (unpaired) electrons. The topological polar surface area (TPSA) is 29.5 Å². The van der Waals surface area contributed by atoms with Crippen LogP contribution in [0.15, 0.2) is 0 Å². The van der Waals surface area contributed by atoms with Gasteiger partial charge in [0.05, 0.1) is 6.04 Å². The van der Waals surface area contributed by atoms with Crippen LogP contribution in [0.5, 0.6) is 0 Å². The van der Waals surface area contributed by atoms with Crippen LogP contribution in [-0.4, -0.2) is 29.7 Å². The third kappa shape index (κ3) is 3.06. The zero-order valence-corrected chi connectivity index (χ0v) is 13.4. The fraction of sp³-hybridized carbons (Fsp3) is 0.938. The fourth-order valence-electron chi connectivity index (χ4n) is 3.85.